The molecule has 0 atom stereocenters. The van der Waals surface area contributed by atoms with Gasteiger partial charge in [0.2, 0.25) is 0 Å². The highest BCUT2D eigenvalue weighted by molar-refractivity contribution is 5.24. The second kappa shape index (κ2) is 7.69. The summed E-state index contributed by atoms with van der Waals surface area (Å²) in [6.45, 7) is 13.6. The monoisotopic (exact) mass is 261 g/mol. The van der Waals surface area contributed by atoms with Crippen LogP contribution < -0.4 is 5.32 Å². The highest BCUT2D eigenvalue weighted by Crippen LogP contribution is 2.27. The third kappa shape index (κ3) is 6.24. The van der Waals surface area contributed by atoms with E-state index in [1.54, 1.807) is 0 Å². The number of hydrogen-bond donors (Lipinski definition) is 1. The maximum Gasteiger partial charge on any atom is -0.00439 e. The van der Waals surface area contributed by atoms with Crippen molar-refractivity contribution in [2.75, 3.05) is 13.1 Å². The molecule has 19 heavy (non-hydrogen) atoms. The van der Waals surface area contributed by atoms with E-state index in [0.717, 1.165) is 13.1 Å². The Balaban J connectivity index is 2.42. The Morgan fingerprint density at radius 3 is 2.21 bits per heavy atom. The molecule has 0 saturated carbocycles. The summed E-state index contributed by atoms with van der Waals surface area (Å²) in [6, 6.07) is 9.17. The van der Waals surface area contributed by atoms with E-state index in [1.165, 1.54) is 30.4 Å². The number of rotatable bonds is 8. The quantitative estimate of drug-likeness (QED) is 0.665. The summed E-state index contributed by atoms with van der Waals surface area (Å²) in [7, 11) is 0. The first-order valence-corrected chi connectivity index (χ1v) is 7.74. The Labute approximate surface area is 119 Å². The van der Waals surface area contributed by atoms with Crippen LogP contribution in [0.25, 0.3) is 0 Å². The first-order chi connectivity index (χ1) is 8.94. The van der Waals surface area contributed by atoms with Gasteiger partial charge in [-0.1, -0.05) is 58.9 Å². The van der Waals surface area contributed by atoms with Crippen molar-refractivity contribution in [3.63, 3.8) is 0 Å². The highest BCUT2D eigenvalue weighted by Gasteiger charge is 2.16. The maximum atomic E-state index is 3.42. The molecule has 0 aromatic heterocycles. The smallest absolute Gasteiger partial charge is 0.00439 e. The Hall–Kier alpha value is -0.820. The van der Waals surface area contributed by atoms with E-state index in [1.807, 2.05) is 0 Å². The van der Waals surface area contributed by atoms with Crippen molar-refractivity contribution in [1.82, 2.24) is 5.32 Å². The minimum absolute atomic E-state index is 0.429. The molecule has 1 nitrogen and oxygen atoms in total. The lowest BCUT2D eigenvalue weighted by Crippen LogP contribution is -2.22. The van der Waals surface area contributed by atoms with Crippen LogP contribution in [0.2, 0.25) is 0 Å². The molecule has 0 heterocycles. The summed E-state index contributed by atoms with van der Waals surface area (Å²) in [4.78, 5) is 0. The van der Waals surface area contributed by atoms with Crippen molar-refractivity contribution in [2.45, 2.75) is 59.8 Å². The largest absolute Gasteiger partial charge is 0.317 e. The Morgan fingerprint density at radius 2 is 1.68 bits per heavy atom. The van der Waals surface area contributed by atoms with Crippen LogP contribution >= 0.6 is 0 Å². The molecule has 0 spiro atoms. The molecule has 0 unspecified atom stereocenters. The van der Waals surface area contributed by atoms with Gasteiger partial charge in [-0.05, 0) is 54.8 Å². The lowest BCUT2D eigenvalue weighted by Gasteiger charge is -2.24. The van der Waals surface area contributed by atoms with Gasteiger partial charge in [0.05, 0.1) is 0 Å². The van der Waals surface area contributed by atoms with Crippen LogP contribution in [0.15, 0.2) is 24.3 Å². The number of hydrogen-bond acceptors (Lipinski definition) is 1. The zero-order valence-electron chi connectivity index (χ0n) is 13.4. The molecule has 108 valence electrons. The van der Waals surface area contributed by atoms with E-state index >= 15 is 0 Å². The van der Waals surface area contributed by atoms with E-state index < -0.39 is 0 Å². The molecule has 0 bridgehead atoms. The summed E-state index contributed by atoms with van der Waals surface area (Å²) < 4.78 is 0. The van der Waals surface area contributed by atoms with Gasteiger partial charge in [-0.3, -0.25) is 0 Å². The van der Waals surface area contributed by atoms with Gasteiger partial charge >= 0.3 is 0 Å². The average molecular weight is 261 g/mol. The molecule has 1 heteroatoms. The minimum atomic E-state index is 0.429. The molecule has 0 aliphatic heterocycles. The van der Waals surface area contributed by atoms with Gasteiger partial charge < -0.3 is 5.32 Å². The summed E-state index contributed by atoms with van der Waals surface area (Å²) in [5, 5.41) is 3.42. The van der Waals surface area contributed by atoms with Gasteiger partial charge in [-0.15, -0.1) is 0 Å². The normalized spacial score (nSPS) is 12.1. The van der Waals surface area contributed by atoms with Crippen LogP contribution in [0.3, 0.4) is 0 Å². The van der Waals surface area contributed by atoms with Crippen LogP contribution in [0.1, 0.15) is 64.5 Å². The van der Waals surface area contributed by atoms with Crippen molar-refractivity contribution in [2.24, 2.45) is 5.41 Å². The molecule has 1 aromatic carbocycles. The third-order valence-electron chi connectivity index (χ3n) is 3.97. The van der Waals surface area contributed by atoms with Crippen molar-refractivity contribution in [1.29, 1.82) is 0 Å². The molecule has 0 aliphatic carbocycles. The van der Waals surface area contributed by atoms with Gasteiger partial charge in [0.25, 0.3) is 0 Å². The fraction of sp³-hybridized carbons (Fsp3) is 0.667. The van der Waals surface area contributed by atoms with Crippen LogP contribution in [0.4, 0.5) is 0 Å². The number of aryl methyl sites for hydroxylation is 1. The Kier molecular flexibility index (Phi) is 6.57. The molecular weight excluding hydrogens is 230 g/mol. The number of benzene rings is 1. The average Bonchev–Trinajstić information content (AvgIpc) is 2.37. The van der Waals surface area contributed by atoms with E-state index in [-0.39, 0.29) is 0 Å². The molecule has 1 aromatic rings. The van der Waals surface area contributed by atoms with E-state index in [0.29, 0.717) is 11.3 Å². The zero-order valence-corrected chi connectivity index (χ0v) is 13.4. The molecule has 1 N–H and O–H groups in total. The fourth-order valence-electron chi connectivity index (χ4n) is 2.28. The summed E-state index contributed by atoms with van der Waals surface area (Å²) >= 11 is 0. The fourth-order valence-corrected chi connectivity index (χ4v) is 2.28. The molecule has 0 aliphatic rings. The first kappa shape index (κ1) is 16.2. The van der Waals surface area contributed by atoms with E-state index in [4.69, 9.17) is 0 Å². The van der Waals surface area contributed by atoms with Crippen molar-refractivity contribution >= 4 is 0 Å². The highest BCUT2D eigenvalue weighted by atomic mass is 14.8. The Bertz CT molecular complexity index is 348. The standard InChI is InChI=1S/C18H31N/c1-6-19-14-13-18(4,5)12-11-16-7-9-17(10-8-16)15(2)3/h7-10,15,19H,6,11-14H2,1-5H3. The van der Waals surface area contributed by atoms with Gasteiger partial charge in [-0.2, -0.15) is 0 Å². The topological polar surface area (TPSA) is 12.0 Å². The van der Waals surface area contributed by atoms with Crippen LogP contribution in [0, 0.1) is 5.41 Å². The summed E-state index contributed by atoms with van der Waals surface area (Å²) in [5.41, 5.74) is 3.34. The van der Waals surface area contributed by atoms with Crippen molar-refractivity contribution in [3.8, 4) is 0 Å². The molecule has 0 amide bonds. The van der Waals surface area contributed by atoms with Crippen LogP contribution in [0.5, 0.6) is 0 Å². The summed E-state index contributed by atoms with van der Waals surface area (Å²) in [6.07, 6.45) is 3.71. The third-order valence-corrected chi connectivity index (χ3v) is 3.97. The SMILES string of the molecule is CCNCCC(C)(C)CCc1ccc(C(C)C)cc1. The zero-order chi connectivity index (χ0) is 14.3. The van der Waals surface area contributed by atoms with Gasteiger partial charge in [0, 0.05) is 0 Å². The predicted octanol–water partition coefficient (Wildman–Crippen LogP) is 4.77. The van der Waals surface area contributed by atoms with Crippen LogP contribution in [-0.2, 0) is 6.42 Å². The first-order valence-electron chi connectivity index (χ1n) is 7.74. The number of nitrogens with one attached hydrogen (secondary N) is 1. The lowest BCUT2D eigenvalue weighted by atomic mass is 9.83. The Morgan fingerprint density at radius 1 is 1.05 bits per heavy atom. The molecule has 1 rings (SSSR count). The second-order valence-electron chi connectivity index (χ2n) is 6.66. The molecule has 0 saturated heterocycles. The predicted molar refractivity (Wildman–Crippen MR) is 85.8 cm³/mol. The van der Waals surface area contributed by atoms with E-state index in [2.05, 4.69) is 64.2 Å². The van der Waals surface area contributed by atoms with Gasteiger partial charge in [0.15, 0.2) is 0 Å². The van der Waals surface area contributed by atoms with Crippen LogP contribution in [-0.4, -0.2) is 13.1 Å². The van der Waals surface area contributed by atoms with E-state index in [9.17, 15) is 0 Å². The van der Waals surface area contributed by atoms with Crippen molar-refractivity contribution < 1.29 is 0 Å². The van der Waals surface area contributed by atoms with Gasteiger partial charge in [0.1, 0.15) is 0 Å². The van der Waals surface area contributed by atoms with Gasteiger partial charge in [-0.25, -0.2) is 0 Å². The minimum Gasteiger partial charge on any atom is -0.317 e. The molecule has 0 fully saturated rings. The summed E-state index contributed by atoms with van der Waals surface area (Å²) in [5.74, 6) is 0.630. The molecular formula is C18H31N. The second-order valence-corrected chi connectivity index (χ2v) is 6.66. The lowest BCUT2D eigenvalue weighted by molar-refractivity contribution is 0.303. The van der Waals surface area contributed by atoms with Crippen molar-refractivity contribution in [3.05, 3.63) is 35.4 Å². The molecule has 0 radical (unpaired) electrons. The maximum absolute atomic E-state index is 3.42.